The van der Waals surface area contributed by atoms with E-state index in [1.54, 1.807) is 24.3 Å². The van der Waals surface area contributed by atoms with Crippen LogP contribution < -0.4 is 10.0 Å². The summed E-state index contributed by atoms with van der Waals surface area (Å²) < 4.78 is 79.8. The zero-order chi connectivity index (χ0) is 29.9. The number of aromatic carboxylic acids is 1. The molecule has 1 amide bonds. The molecular weight excluding hydrogens is 608 g/mol. The zero-order valence-electron chi connectivity index (χ0n) is 20.4. The van der Waals surface area contributed by atoms with Gasteiger partial charge in [-0.15, -0.1) is 0 Å². The van der Waals surface area contributed by atoms with E-state index in [4.69, 9.17) is 11.6 Å². The molecule has 7 nitrogen and oxygen atoms in total. The molecule has 4 rings (SSSR count). The summed E-state index contributed by atoms with van der Waals surface area (Å²) in [4.78, 5) is 24.6. The van der Waals surface area contributed by atoms with Gasteiger partial charge in [0.2, 0.25) is 0 Å². The second-order valence-electron chi connectivity index (χ2n) is 8.35. The number of halogens is 5. The fraction of sp³-hybridized carbons (Fsp3) is 0.0370. The molecule has 0 bridgehead atoms. The van der Waals surface area contributed by atoms with E-state index in [1.807, 2.05) is 0 Å². The van der Waals surface area contributed by atoms with Crippen molar-refractivity contribution >= 4 is 56.6 Å². The summed E-state index contributed by atoms with van der Waals surface area (Å²) in [7, 11) is -4.47. The standard InChI is InChI=1S/C27H17ClF4N2O5S2/c28-17-5-12-24(22(29)13-17)41(38,39)34-23-11-10-20(14-21(23)26(36)37)40-19-8-6-18(7-9-19)33-25(35)15-1-3-16(4-2-15)27(30,31)32/h1-14,34H,(H,33,35)(H,36,37). The predicted octanol–water partition coefficient (Wildman–Crippen LogP) is 7.40. The largest absolute Gasteiger partial charge is 0.478 e. The molecule has 4 aromatic rings. The lowest BCUT2D eigenvalue weighted by molar-refractivity contribution is -0.137. The van der Waals surface area contributed by atoms with Crippen molar-refractivity contribution in [3.05, 3.63) is 112 Å². The summed E-state index contributed by atoms with van der Waals surface area (Å²) in [5.41, 5.74) is -1.13. The first-order valence-electron chi connectivity index (χ1n) is 11.3. The first-order valence-corrected chi connectivity index (χ1v) is 14.0. The Balaban J connectivity index is 1.46. The maximum atomic E-state index is 14.2. The van der Waals surface area contributed by atoms with Crippen molar-refractivity contribution in [3.63, 3.8) is 0 Å². The molecule has 0 radical (unpaired) electrons. The number of carbonyl (C=O) groups excluding carboxylic acids is 1. The molecule has 0 saturated carbocycles. The van der Waals surface area contributed by atoms with E-state index in [0.717, 1.165) is 48.2 Å². The zero-order valence-corrected chi connectivity index (χ0v) is 22.8. The van der Waals surface area contributed by atoms with Crippen molar-refractivity contribution in [1.82, 2.24) is 0 Å². The molecule has 4 aromatic carbocycles. The van der Waals surface area contributed by atoms with Gasteiger partial charge in [-0.1, -0.05) is 23.4 Å². The minimum atomic E-state index is -4.51. The van der Waals surface area contributed by atoms with Gasteiger partial charge in [-0.05, 0) is 84.9 Å². The number of alkyl halides is 3. The van der Waals surface area contributed by atoms with E-state index < -0.39 is 44.4 Å². The molecule has 0 aromatic heterocycles. The van der Waals surface area contributed by atoms with Gasteiger partial charge in [0, 0.05) is 26.1 Å². The van der Waals surface area contributed by atoms with Crippen LogP contribution in [-0.4, -0.2) is 25.4 Å². The number of sulfonamides is 1. The molecule has 0 atom stereocenters. The van der Waals surface area contributed by atoms with Crippen LogP contribution in [0.4, 0.5) is 28.9 Å². The highest BCUT2D eigenvalue weighted by Crippen LogP contribution is 2.33. The van der Waals surface area contributed by atoms with E-state index in [9.17, 15) is 40.7 Å². The molecule has 0 heterocycles. The molecule has 0 saturated heterocycles. The third kappa shape index (κ3) is 7.37. The van der Waals surface area contributed by atoms with Gasteiger partial charge in [-0.2, -0.15) is 13.2 Å². The number of benzene rings is 4. The Morgan fingerprint density at radius 1 is 0.854 bits per heavy atom. The topological polar surface area (TPSA) is 113 Å². The van der Waals surface area contributed by atoms with Crippen molar-refractivity contribution in [2.45, 2.75) is 20.9 Å². The number of rotatable bonds is 8. The second kappa shape index (κ2) is 11.8. The lowest BCUT2D eigenvalue weighted by atomic mass is 10.1. The van der Waals surface area contributed by atoms with Crippen molar-refractivity contribution in [2.24, 2.45) is 0 Å². The van der Waals surface area contributed by atoms with Gasteiger partial charge in [-0.25, -0.2) is 17.6 Å². The summed E-state index contributed by atoms with van der Waals surface area (Å²) >= 11 is 6.81. The summed E-state index contributed by atoms with van der Waals surface area (Å²) in [5, 5.41) is 12.2. The normalized spacial score (nSPS) is 11.6. The van der Waals surface area contributed by atoms with Gasteiger partial charge < -0.3 is 10.4 Å². The summed E-state index contributed by atoms with van der Waals surface area (Å²) in [6.07, 6.45) is -4.51. The fourth-order valence-electron chi connectivity index (χ4n) is 3.50. The number of carboxylic acid groups (broad SMARTS) is 1. The Labute approximate surface area is 240 Å². The molecule has 0 spiro atoms. The van der Waals surface area contributed by atoms with Crippen LogP contribution in [0.15, 0.2) is 99.6 Å². The first kappa shape index (κ1) is 29.9. The number of nitrogens with one attached hydrogen (secondary N) is 2. The van der Waals surface area contributed by atoms with Gasteiger partial charge in [0.1, 0.15) is 10.7 Å². The van der Waals surface area contributed by atoms with Gasteiger partial charge in [0.15, 0.2) is 0 Å². The van der Waals surface area contributed by atoms with E-state index >= 15 is 0 Å². The highest BCUT2D eigenvalue weighted by atomic mass is 35.5. The molecular formula is C27H17ClF4N2O5S2. The number of hydrogen-bond donors (Lipinski definition) is 3. The van der Waals surface area contributed by atoms with E-state index in [1.165, 1.54) is 24.3 Å². The Kier molecular flexibility index (Phi) is 8.61. The van der Waals surface area contributed by atoms with Crippen LogP contribution >= 0.6 is 23.4 Å². The molecule has 3 N–H and O–H groups in total. The van der Waals surface area contributed by atoms with Crippen LogP contribution in [0.1, 0.15) is 26.3 Å². The van der Waals surface area contributed by atoms with E-state index in [0.29, 0.717) is 15.5 Å². The van der Waals surface area contributed by atoms with Crippen LogP contribution in [0.5, 0.6) is 0 Å². The minimum absolute atomic E-state index is 0.0105. The molecule has 0 unspecified atom stereocenters. The van der Waals surface area contributed by atoms with Crippen LogP contribution in [-0.2, 0) is 16.2 Å². The first-order chi connectivity index (χ1) is 19.2. The van der Waals surface area contributed by atoms with Gasteiger partial charge in [0.25, 0.3) is 15.9 Å². The van der Waals surface area contributed by atoms with Gasteiger partial charge in [0.05, 0.1) is 16.8 Å². The summed E-state index contributed by atoms with van der Waals surface area (Å²) in [6.45, 7) is 0. The Morgan fingerprint density at radius 2 is 1.49 bits per heavy atom. The quantitative estimate of drug-likeness (QED) is 0.176. The average Bonchev–Trinajstić information content (AvgIpc) is 2.89. The smallest absolute Gasteiger partial charge is 0.416 e. The molecule has 212 valence electrons. The van der Waals surface area contributed by atoms with E-state index in [-0.39, 0.29) is 21.8 Å². The fourth-order valence-corrected chi connectivity index (χ4v) is 5.66. The highest BCUT2D eigenvalue weighted by Gasteiger charge is 2.30. The number of amides is 1. The van der Waals surface area contributed by atoms with Crippen LogP contribution in [0.2, 0.25) is 5.02 Å². The Bertz CT molecular complexity index is 1730. The van der Waals surface area contributed by atoms with Crippen LogP contribution in [0, 0.1) is 5.82 Å². The molecule has 41 heavy (non-hydrogen) atoms. The molecule has 14 heteroatoms. The molecule has 0 fully saturated rings. The van der Waals surface area contributed by atoms with Crippen LogP contribution in [0.25, 0.3) is 0 Å². The second-order valence-corrected chi connectivity index (χ2v) is 11.6. The summed E-state index contributed by atoms with van der Waals surface area (Å²) in [6, 6.07) is 17.0. The lowest BCUT2D eigenvalue weighted by Crippen LogP contribution is -2.17. The molecule has 0 aliphatic heterocycles. The Hall–Kier alpha value is -4.07. The maximum absolute atomic E-state index is 14.2. The maximum Gasteiger partial charge on any atom is 0.416 e. The number of carbonyl (C=O) groups is 2. The van der Waals surface area contributed by atoms with Crippen molar-refractivity contribution in [2.75, 3.05) is 10.0 Å². The van der Waals surface area contributed by atoms with E-state index in [2.05, 4.69) is 10.0 Å². The van der Waals surface area contributed by atoms with Crippen molar-refractivity contribution < 1.29 is 40.7 Å². The highest BCUT2D eigenvalue weighted by molar-refractivity contribution is 7.99. The van der Waals surface area contributed by atoms with Crippen LogP contribution in [0.3, 0.4) is 0 Å². The van der Waals surface area contributed by atoms with Gasteiger partial charge in [-0.3, -0.25) is 9.52 Å². The summed E-state index contributed by atoms with van der Waals surface area (Å²) in [5.74, 6) is -3.14. The molecule has 0 aliphatic carbocycles. The minimum Gasteiger partial charge on any atom is -0.478 e. The average molecular weight is 625 g/mol. The van der Waals surface area contributed by atoms with Crippen molar-refractivity contribution in [1.29, 1.82) is 0 Å². The lowest BCUT2D eigenvalue weighted by Gasteiger charge is -2.13. The predicted molar refractivity (Wildman–Crippen MR) is 146 cm³/mol. The number of carboxylic acids is 1. The number of hydrogen-bond acceptors (Lipinski definition) is 5. The third-order valence-corrected chi connectivity index (χ3v) is 8.10. The Morgan fingerprint density at radius 3 is 2.07 bits per heavy atom. The molecule has 0 aliphatic rings. The SMILES string of the molecule is O=C(Nc1ccc(Sc2ccc(NS(=O)(=O)c3ccc(Cl)cc3F)c(C(=O)O)c2)cc1)c1ccc(C(F)(F)F)cc1. The third-order valence-electron chi connectivity index (χ3n) is 5.47. The monoisotopic (exact) mass is 624 g/mol. The number of anilines is 2. The van der Waals surface area contributed by atoms with Crippen molar-refractivity contribution in [3.8, 4) is 0 Å². The van der Waals surface area contributed by atoms with Gasteiger partial charge >= 0.3 is 12.1 Å².